The van der Waals surface area contributed by atoms with E-state index in [1.165, 1.54) is 0 Å². The van der Waals surface area contributed by atoms with E-state index in [0.29, 0.717) is 12.1 Å². The Balaban J connectivity index is 1.42. The van der Waals surface area contributed by atoms with Crippen molar-refractivity contribution in [2.45, 2.75) is 32.7 Å². The lowest BCUT2D eigenvalue weighted by atomic mass is 9.89. The second-order valence-corrected chi connectivity index (χ2v) is 8.11. The number of Topliss-reactive ketones (excluding diaryl/α,β-unsaturated/α-hetero) is 1. The van der Waals surface area contributed by atoms with Gasteiger partial charge >= 0.3 is 5.97 Å². The number of hydrogen-bond acceptors (Lipinski definition) is 4. The molecule has 0 unspecified atom stereocenters. The maximum Gasteiger partial charge on any atom is 0.307 e. The molecule has 0 amide bonds. The first kappa shape index (κ1) is 22.3. The van der Waals surface area contributed by atoms with Gasteiger partial charge in [0.1, 0.15) is 5.76 Å². The van der Waals surface area contributed by atoms with Crippen LogP contribution in [0.5, 0.6) is 0 Å². The number of ketones is 1. The van der Waals surface area contributed by atoms with Gasteiger partial charge in [0.05, 0.1) is 19.2 Å². The summed E-state index contributed by atoms with van der Waals surface area (Å²) in [5.74, 6) is 0.0759. The number of nitrogens with zero attached hydrogens (tertiary/aromatic N) is 1. The second-order valence-electron chi connectivity index (χ2n) is 8.11. The molecule has 0 saturated heterocycles. The molecule has 0 N–H and O–H groups in total. The summed E-state index contributed by atoms with van der Waals surface area (Å²) >= 11 is 0. The van der Waals surface area contributed by atoms with Crippen LogP contribution < -0.4 is 0 Å². The summed E-state index contributed by atoms with van der Waals surface area (Å²) in [4.78, 5) is 25.6. The van der Waals surface area contributed by atoms with Crippen LogP contribution in [-0.2, 0) is 16.1 Å². The van der Waals surface area contributed by atoms with E-state index >= 15 is 0 Å². The lowest BCUT2D eigenvalue weighted by Gasteiger charge is -2.17. The van der Waals surface area contributed by atoms with E-state index in [-0.39, 0.29) is 24.7 Å². The van der Waals surface area contributed by atoms with Gasteiger partial charge in [-0.1, -0.05) is 60.7 Å². The molecule has 4 rings (SSSR count). The molecular weight excluding hydrogens is 414 g/mol. The van der Waals surface area contributed by atoms with Crippen LogP contribution in [0.4, 0.5) is 0 Å². The van der Waals surface area contributed by atoms with E-state index in [9.17, 15) is 9.59 Å². The van der Waals surface area contributed by atoms with Gasteiger partial charge in [0, 0.05) is 22.9 Å². The number of benzene rings is 2. The lowest BCUT2D eigenvalue weighted by molar-refractivity contribution is -0.142. The van der Waals surface area contributed by atoms with Crippen LogP contribution in [0.15, 0.2) is 89.5 Å². The number of carbonyl (C=O) groups is 2. The van der Waals surface area contributed by atoms with Gasteiger partial charge in [0.2, 0.25) is 5.78 Å². The maximum atomic E-state index is 12.8. The van der Waals surface area contributed by atoms with Crippen molar-refractivity contribution in [1.82, 2.24) is 4.57 Å². The molecule has 0 fully saturated rings. The smallest absolute Gasteiger partial charge is 0.307 e. The Hall–Kier alpha value is -3.86. The Labute approximate surface area is 193 Å². The summed E-state index contributed by atoms with van der Waals surface area (Å²) in [5.41, 5.74) is 4.42. The fourth-order valence-corrected chi connectivity index (χ4v) is 4.13. The van der Waals surface area contributed by atoms with Crippen molar-refractivity contribution >= 4 is 11.8 Å². The molecule has 0 atom stereocenters. The number of esters is 1. The molecule has 0 spiro atoms. The van der Waals surface area contributed by atoms with Crippen molar-refractivity contribution in [3.8, 4) is 0 Å². The third kappa shape index (κ3) is 5.32. The van der Waals surface area contributed by atoms with Gasteiger partial charge in [-0.15, -0.1) is 0 Å². The normalized spacial score (nSPS) is 11.0. The number of furan rings is 1. The Morgan fingerprint density at radius 3 is 2.12 bits per heavy atom. The summed E-state index contributed by atoms with van der Waals surface area (Å²) in [6.07, 6.45) is 1.80. The van der Waals surface area contributed by atoms with Crippen LogP contribution in [0.1, 0.15) is 51.0 Å². The molecule has 0 bridgehead atoms. The maximum absolute atomic E-state index is 12.8. The predicted octanol–water partition coefficient (Wildman–Crippen LogP) is 5.69. The molecule has 5 nitrogen and oxygen atoms in total. The SMILES string of the molecule is Cc1cc(C(=O)COC(=O)CC(c2ccccc2)c2ccccc2)c(C)n1Cc1ccco1. The molecule has 0 aliphatic carbocycles. The number of aryl methyl sites for hydroxylation is 1. The first-order chi connectivity index (χ1) is 16.0. The molecule has 168 valence electrons. The van der Waals surface area contributed by atoms with E-state index < -0.39 is 5.97 Å². The van der Waals surface area contributed by atoms with Gasteiger partial charge in [-0.3, -0.25) is 9.59 Å². The average molecular weight is 442 g/mol. The van der Waals surface area contributed by atoms with Crippen LogP contribution in [0.3, 0.4) is 0 Å². The minimum absolute atomic E-state index is 0.131. The molecular formula is C28H27NO4. The fourth-order valence-electron chi connectivity index (χ4n) is 4.13. The van der Waals surface area contributed by atoms with Crippen molar-refractivity contribution in [3.05, 3.63) is 119 Å². The largest absolute Gasteiger partial charge is 0.467 e. The number of ether oxygens (including phenoxy) is 1. The molecule has 0 saturated carbocycles. The number of hydrogen-bond donors (Lipinski definition) is 0. The summed E-state index contributed by atoms with van der Waals surface area (Å²) in [6, 6.07) is 25.3. The molecule has 0 aliphatic heterocycles. The Bertz CT molecular complexity index is 1170. The molecule has 4 aromatic rings. The Morgan fingerprint density at radius 2 is 1.55 bits per heavy atom. The van der Waals surface area contributed by atoms with Crippen LogP contribution in [0, 0.1) is 13.8 Å². The summed E-state index contributed by atoms with van der Waals surface area (Å²) in [7, 11) is 0. The predicted molar refractivity (Wildman–Crippen MR) is 126 cm³/mol. The van der Waals surface area contributed by atoms with Crippen molar-refractivity contribution in [2.24, 2.45) is 0 Å². The Kier molecular flexibility index (Phi) is 6.89. The van der Waals surface area contributed by atoms with Gasteiger partial charge in [-0.05, 0) is 43.2 Å². The van der Waals surface area contributed by atoms with Crippen molar-refractivity contribution in [3.63, 3.8) is 0 Å². The highest BCUT2D eigenvalue weighted by Crippen LogP contribution is 2.28. The molecule has 2 aromatic carbocycles. The highest BCUT2D eigenvalue weighted by Gasteiger charge is 2.21. The van der Waals surface area contributed by atoms with Gasteiger partial charge in [0.15, 0.2) is 6.61 Å². The van der Waals surface area contributed by atoms with E-state index in [4.69, 9.17) is 9.15 Å². The van der Waals surface area contributed by atoms with E-state index in [0.717, 1.165) is 28.3 Å². The van der Waals surface area contributed by atoms with E-state index in [1.54, 1.807) is 6.26 Å². The van der Waals surface area contributed by atoms with Crippen molar-refractivity contribution in [2.75, 3.05) is 6.61 Å². The van der Waals surface area contributed by atoms with Crippen molar-refractivity contribution in [1.29, 1.82) is 0 Å². The zero-order valence-corrected chi connectivity index (χ0v) is 18.9. The zero-order valence-electron chi connectivity index (χ0n) is 18.9. The molecule has 0 radical (unpaired) electrons. The molecule has 2 aromatic heterocycles. The highest BCUT2D eigenvalue weighted by atomic mass is 16.5. The van der Waals surface area contributed by atoms with Gasteiger partial charge in [-0.2, -0.15) is 0 Å². The zero-order chi connectivity index (χ0) is 23.2. The number of carbonyl (C=O) groups excluding carboxylic acids is 2. The molecule has 0 aliphatic rings. The highest BCUT2D eigenvalue weighted by molar-refractivity contribution is 5.99. The van der Waals surface area contributed by atoms with Crippen LogP contribution in [-0.4, -0.2) is 22.9 Å². The minimum Gasteiger partial charge on any atom is -0.467 e. The monoisotopic (exact) mass is 441 g/mol. The Morgan fingerprint density at radius 1 is 0.909 bits per heavy atom. The topological polar surface area (TPSA) is 61.4 Å². The van der Waals surface area contributed by atoms with Gasteiger partial charge in [-0.25, -0.2) is 0 Å². The quantitative estimate of drug-likeness (QED) is 0.247. The third-order valence-electron chi connectivity index (χ3n) is 5.91. The third-order valence-corrected chi connectivity index (χ3v) is 5.91. The lowest BCUT2D eigenvalue weighted by Crippen LogP contribution is -2.17. The molecule has 5 heteroatoms. The van der Waals surface area contributed by atoms with E-state index in [1.807, 2.05) is 97.3 Å². The van der Waals surface area contributed by atoms with Gasteiger partial charge < -0.3 is 13.7 Å². The number of rotatable bonds is 9. The molecule has 2 heterocycles. The fraction of sp³-hybridized carbons (Fsp3) is 0.214. The number of aromatic nitrogens is 1. The standard InChI is InChI=1S/C28H27NO4/c1-20-16-25(21(2)29(20)18-24-14-9-15-32-24)27(30)19-33-28(31)17-26(22-10-5-3-6-11-22)23-12-7-4-8-13-23/h3-16,26H,17-19H2,1-2H3. The van der Waals surface area contributed by atoms with Crippen LogP contribution >= 0.6 is 0 Å². The van der Waals surface area contributed by atoms with Crippen LogP contribution in [0.25, 0.3) is 0 Å². The average Bonchev–Trinajstić information content (AvgIpc) is 3.46. The molecule has 33 heavy (non-hydrogen) atoms. The summed E-state index contributed by atoms with van der Waals surface area (Å²) < 4.78 is 12.9. The minimum atomic E-state index is -0.398. The summed E-state index contributed by atoms with van der Waals surface area (Å²) in [5, 5.41) is 0. The first-order valence-electron chi connectivity index (χ1n) is 11.0. The van der Waals surface area contributed by atoms with Gasteiger partial charge in [0.25, 0.3) is 0 Å². The van der Waals surface area contributed by atoms with E-state index in [2.05, 4.69) is 0 Å². The van der Waals surface area contributed by atoms with Crippen LogP contribution in [0.2, 0.25) is 0 Å². The second kappa shape index (κ2) is 10.2. The first-order valence-corrected chi connectivity index (χ1v) is 11.0. The van der Waals surface area contributed by atoms with Crippen molar-refractivity contribution < 1.29 is 18.7 Å². The summed E-state index contributed by atoms with van der Waals surface area (Å²) in [6.45, 7) is 4.11.